The first-order chi connectivity index (χ1) is 4.88. The van der Waals surface area contributed by atoms with Gasteiger partial charge in [0.2, 0.25) is 5.88 Å². The highest BCUT2D eigenvalue weighted by molar-refractivity contribution is 5.30. The lowest BCUT2D eigenvalue weighted by Gasteiger charge is -1.95. The molecule has 0 fully saturated rings. The highest BCUT2D eigenvalue weighted by atomic mass is 19.1. The van der Waals surface area contributed by atoms with Crippen molar-refractivity contribution in [3.05, 3.63) is 23.6 Å². The number of rotatable bonds is 0. The fourth-order valence-electron chi connectivity index (χ4n) is 1.05. The van der Waals surface area contributed by atoms with Crippen LogP contribution in [0.2, 0.25) is 0 Å². The quantitative estimate of drug-likeness (QED) is 0.538. The standard InChI is InChI=1S/C7H6FNO/c8-6-1-3-9-7-5(6)2-4-10-7/h1,3H,2,4H2. The Bertz CT molecular complexity index is 262. The van der Waals surface area contributed by atoms with E-state index in [9.17, 15) is 4.39 Å². The lowest BCUT2D eigenvalue weighted by Crippen LogP contribution is -1.87. The molecule has 0 radical (unpaired) electrons. The number of pyridine rings is 1. The van der Waals surface area contributed by atoms with Crippen molar-refractivity contribution in [1.29, 1.82) is 0 Å². The Morgan fingerprint density at radius 1 is 1.60 bits per heavy atom. The number of hydrogen-bond acceptors (Lipinski definition) is 2. The number of ether oxygens (including phenoxy) is 1. The normalized spacial score (nSPS) is 14.5. The molecule has 3 heteroatoms. The molecule has 0 atom stereocenters. The van der Waals surface area contributed by atoms with E-state index in [1.54, 1.807) is 0 Å². The first-order valence-electron chi connectivity index (χ1n) is 3.14. The summed E-state index contributed by atoms with van der Waals surface area (Å²) in [6.45, 7) is 0.559. The maximum absolute atomic E-state index is 12.8. The van der Waals surface area contributed by atoms with Gasteiger partial charge in [-0.3, -0.25) is 0 Å². The van der Waals surface area contributed by atoms with Gasteiger partial charge in [0.05, 0.1) is 12.2 Å². The van der Waals surface area contributed by atoms with Crippen LogP contribution in [-0.2, 0) is 6.42 Å². The topological polar surface area (TPSA) is 22.1 Å². The molecule has 0 aliphatic carbocycles. The number of halogens is 1. The second-order valence-electron chi connectivity index (χ2n) is 2.17. The van der Waals surface area contributed by atoms with Gasteiger partial charge >= 0.3 is 0 Å². The summed E-state index contributed by atoms with van der Waals surface area (Å²) in [5, 5.41) is 0. The first-order valence-corrected chi connectivity index (χ1v) is 3.14. The Morgan fingerprint density at radius 3 is 3.30 bits per heavy atom. The molecular formula is C7H6FNO. The Morgan fingerprint density at radius 2 is 2.50 bits per heavy atom. The molecule has 0 saturated heterocycles. The average Bonchev–Trinajstić information content (AvgIpc) is 2.36. The molecule has 0 spiro atoms. The molecule has 10 heavy (non-hydrogen) atoms. The van der Waals surface area contributed by atoms with Gasteiger partial charge < -0.3 is 4.74 Å². The molecule has 0 amide bonds. The van der Waals surface area contributed by atoms with Gasteiger partial charge in [-0.15, -0.1) is 0 Å². The third kappa shape index (κ3) is 0.667. The van der Waals surface area contributed by atoms with Gasteiger partial charge in [-0.05, 0) is 6.07 Å². The molecule has 1 aromatic heterocycles. The molecule has 1 aliphatic rings. The van der Waals surface area contributed by atoms with Crippen LogP contribution in [0.25, 0.3) is 0 Å². The molecule has 1 aromatic rings. The van der Waals surface area contributed by atoms with Crippen molar-refractivity contribution < 1.29 is 9.13 Å². The van der Waals surface area contributed by atoms with Crippen LogP contribution in [0.3, 0.4) is 0 Å². The van der Waals surface area contributed by atoms with E-state index in [0.717, 1.165) is 0 Å². The maximum Gasteiger partial charge on any atom is 0.219 e. The molecule has 0 saturated carbocycles. The minimum Gasteiger partial charge on any atom is -0.477 e. The second-order valence-corrected chi connectivity index (χ2v) is 2.17. The molecule has 1 aliphatic heterocycles. The van der Waals surface area contributed by atoms with Crippen molar-refractivity contribution in [3.63, 3.8) is 0 Å². The molecule has 2 rings (SSSR count). The Labute approximate surface area is 57.7 Å². The van der Waals surface area contributed by atoms with Crippen LogP contribution < -0.4 is 4.74 Å². The van der Waals surface area contributed by atoms with Crippen LogP contribution in [0.4, 0.5) is 4.39 Å². The molecule has 0 aromatic carbocycles. The maximum atomic E-state index is 12.8. The van der Waals surface area contributed by atoms with Crippen molar-refractivity contribution in [3.8, 4) is 5.88 Å². The van der Waals surface area contributed by atoms with Crippen molar-refractivity contribution in [2.45, 2.75) is 6.42 Å². The fourth-order valence-corrected chi connectivity index (χ4v) is 1.05. The number of aromatic nitrogens is 1. The highest BCUT2D eigenvalue weighted by Crippen LogP contribution is 2.23. The van der Waals surface area contributed by atoms with E-state index in [1.807, 2.05) is 0 Å². The van der Waals surface area contributed by atoms with E-state index in [-0.39, 0.29) is 5.82 Å². The van der Waals surface area contributed by atoms with Crippen molar-refractivity contribution in [2.24, 2.45) is 0 Å². The Balaban J connectivity index is 2.59. The van der Waals surface area contributed by atoms with Crippen molar-refractivity contribution in [1.82, 2.24) is 4.98 Å². The van der Waals surface area contributed by atoms with Crippen LogP contribution in [-0.4, -0.2) is 11.6 Å². The van der Waals surface area contributed by atoms with Crippen molar-refractivity contribution in [2.75, 3.05) is 6.61 Å². The lowest BCUT2D eigenvalue weighted by molar-refractivity contribution is 0.344. The van der Waals surface area contributed by atoms with Crippen LogP contribution in [0.15, 0.2) is 12.3 Å². The molecule has 0 unspecified atom stereocenters. The minimum atomic E-state index is -0.206. The number of nitrogens with zero attached hydrogens (tertiary/aromatic N) is 1. The molecule has 52 valence electrons. The zero-order valence-corrected chi connectivity index (χ0v) is 5.30. The van der Waals surface area contributed by atoms with E-state index in [0.29, 0.717) is 24.5 Å². The minimum absolute atomic E-state index is 0.206. The predicted octanol–water partition coefficient (Wildman–Crippen LogP) is 1.16. The van der Waals surface area contributed by atoms with Crippen LogP contribution >= 0.6 is 0 Å². The zero-order chi connectivity index (χ0) is 6.97. The van der Waals surface area contributed by atoms with Gasteiger partial charge in [-0.2, -0.15) is 0 Å². The van der Waals surface area contributed by atoms with Gasteiger partial charge in [0, 0.05) is 12.6 Å². The van der Waals surface area contributed by atoms with Crippen LogP contribution in [0, 0.1) is 5.82 Å². The van der Waals surface area contributed by atoms with E-state index in [2.05, 4.69) is 4.98 Å². The van der Waals surface area contributed by atoms with E-state index >= 15 is 0 Å². The molecule has 2 heterocycles. The second kappa shape index (κ2) is 1.94. The third-order valence-electron chi connectivity index (χ3n) is 1.55. The monoisotopic (exact) mass is 139 g/mol. The largest absolute Gasteiger partial charge is 0.477 e. The molecule has 2 nitrogen and oxygen atoms in total. The Hall–Kier alpha value is -1.12. The summed E-state index contributed by atoms with van der Waals surface area (Å²) in [4.78, 5) is 3.86. The van der Waals surface area contributed by atoms with E-state index < -0.39 is 0 Å². The summed E-state index contributed by atoms with van der Waals surface area (Å²) in [6.07, 6.45) is 2.06. The average molecular weight is 139 g/mol. The Kier molecular flexibility index (Phi) is 1.09. The summed E-state index contributed by atoms with van der Waals surface area (Å²) < 4.78 is 17.8. The summed E-state index contributed by atoms with van der Waals surface area (Å²) in [7, 11) is 0. The third-order valence-corrected chi connectivity index (χ3v) is 1.55. The summed E-state index contributed by atoms with van der Waals surface area (Å²) in [5.74, 6) is 0.252. The van der Waals surface area contributed by atoms with Gasteiger partial charge in [-0.25, -0.2) is 9.37 Å². The zero-order valence-electron chi connectivity index (χ0n) is 5.30. The first kappa shape index (κ1) is 5.65. The summed E-state index contributed by atoms with van der Waals surface area (Å²) >= 11 is 0. The highest BCUT2D eigenvalue weighted by Gasteiger charge is 2.16. The van der Waals surface area contributed by atoms with Gasteiger partial charge in [-0.1, -0.05) is 0 Å². The van der Waals surface area contributed by atoms with Crippen LogP contribution in [0.1, 0.15) is 5.56 Å². The van der Waals surface area contributed by atoms with Gasteiger partial charge in [0.1, 0.15) is 5.82 Å². The van der Waals surface area contributed by atoms with E-state index in [1.165, 1.54) is 12.3 Å². The van der Waals surface area contributed by atoms with Gasteiger partial charge in [0.25, 0.3) is 0 Å². The molecule has 0 bridgehead atoms. The summed E-state index contributed by atoms with van der Waals surface area (Å²) in [5.41, 5.74) is 0.613. The fraction of sp³-hybridized carbons (Fsp3) is 0.286. The molecule has 0 N–H and O–H groups in total. The predicted molar refractivity (Wildman–Crippen MR) is 33.4 cm³/mol. The van der Waals surface area contributed by atoms with Crippen LogP contribution in [0.5, 0.6) is 5.88 Å². The lowest BCUT2D eigenvalue weighted by atomic mass is 10.2. The smallest absolute Gasteiger partial charge is 0.219 e. The van der Waals surface area contributed by atoms with E-state index in [4.69, 9.17) is 4.74 Å². The van der Waals surface area contributed by atoms with Gasteiger partial charge in [0.15, 0.2) is 0 Å². The van der Waals surface area contributed by atoms with Crippen molar-refractivity contribution >= 4 is 0 Å². The number of hydrogen-bond donors (Lipinski definition) is 0. The number of fused-ring (bicyclic) bond motifs is 1. The summed E-state index contributed by atoms with van der Waals surface area (Å²) in [6, 6.07) is 1.35. The molecular weight excluding hydrogens is 133 g/mol. The SMILES string of the molecule is Fc1ccnc2c1CCO2.